The lowest BCUT2D eigenvalue weighted by Crippen LogP contribution is -1.98. The van der Waals surface area contributed by atoms with Gasteiger partial charge < -0.3 is 4.79 Å². The van der Waals surface area contributed by atoms with E-state index < -0.39 is 0 Å². The largest absolute Gasteiger partial charge is 0.300 e. The third-order valence-electron chi connectivity index (χ3n) is 2.37. The first-order valence-corrected chi connectivity index (χ1v) is 5.33. The van der Waals surface area contributed by atoms with E-state index in [1.807, 2.05) is 18.2 Å². The molecule has 15 heavy (non-hydrogen) atoms. The van der Waals surface area contributed by atoms with Crippen molar-refractivity contribution in [2.75, 3.05) is 0 Å². The first kappa shape index (κ1) is 11.7. The molecule has 0 aliphatic carbocycles. The predicted molar refractivity (Wildman–Crippen MR) is 64.6 cm³/mol. The molecular weight excluding hydrogens is 184 g/mol. The number of hydrogen-bond acceptors (Lipinski definition) is 1. The van der Waals surface area contributed by atoms with Crippen molar-refractivity contribution >= 4 is 11.4 Å². The molecule has 0 N–H and O–H groups in total. The minimum Gasteiger partial charge on any atom is -0.300 e. The maximum Gasteiger partial charge on any atom is 0.130 e. The molecule has 1 atom stereocenters. The van der Waals surface area contributed by atoms with Crippen LogP contribution >= 0.6 is 0 Å². The van der Waals surface area contributed by atoms with Gasteiger partial charge in [-0.15, -0.1) is 0 Å². The molecule has 0 aliphatic rings. The van der Waals surface area contributed by atoms with E-state index in [1.54, 1.807) is 6.92 Å². The minimum atomic E-state index is 0.250. The van der Waals surface area contributed by atoms with Crippen molar-refractivity contribution in [3.8, 4) is 0 Å². The summed E-state index contributed by atoms with van der Waals surface area (Å²) in [7, 11) is 0. The van der Waals surface area contributed by atoms with Crippen LogP contribution in [-0.4, -0.2) is 5.78 Å². The Balaban J connectivity index is 2.71. The molecule has 0 amide bonds. The van der Waals surface area contributed by atoms with Gasteiger partial charge in [-0.05, 0) is 30.9 Å². The lowest BCUT2D eigenvalue weighted by atomic mass is 9.99. The number of allylic oxidation sites excluding steroid dienone is 2. The van der Waals surface area contributed by atoms with E-state index in [2.05, 4.69) is 32.1 Å². The SMILES string of the molecule is CC(=O)CC(C)/C=C(\C)c1ccccc1. The van der Waals surface area contributed by atoms with Gasteiger partial charge in [0.1, 0.15) is 5.78 Å². The summed E-state index contributed by atoms with van der Waals surface area (Å²) in [6, 6.07) is 10.2. The predicted octanol–water partition coefficient (Wildman–Crippen LogP) is 3.71. The van der Waals surface area contributed by atoms with Crippen LogP contribution in [0.25, 0.3) is 5.57 Å². The van der Waals surface area contributed by atoms with E-state index in [0.717, 1.165) is 0 Å². The highest BCUT2D eigenvalue weighted by Gasteiger charge is 2.03. The Bertz CT molecular complexity index is 349. The second-order valence-corrected chi connectivity index (χ2v) is 4.10. The van der Waals surface area contributed by atoms with Crippen LogP contribution < -0.4 is 0 Å². The van der Waals surface area contributed by atoms with Gasteiger partial charge in [-0.25, -0.2) is 0 Å². The fraction of sp³-hybridized carbons (Fsp3) is 0.357. The van der Waals surface area contributed by atoms with Crippen LogP contribution in [-0.2, 0) is 4.79 Å². The van der Waals surface area contributed by atoms with E-state index in [9.17, 15) is 4.79 Å². The fourth-order valence-electron chi connectivity index (χ4n) is 1.74. The van der Waals surface area contributed by atoms with Gasteiger partial charge in [-0.3, -0.25) is 0 Å². The van der Waals surface area contributed by atoms with Crippen LogP contribution in [0.2, 0.25) is 0 Å². The zero-order valence-electron chi connectivity index (χ0n) is 9.66. The molecule has 0 fully saturated rings. The molecule has 0 aromatic heterocycles. The Hall–Kier alpha value is -1.37. The van der Waals surface area contributed by atoms with Crippen molar-refractivity contribution in [3.05, 3.63) is 42.0 Å². The van der Waals surface area contributed by atoms with Gasteiger partial charge in [0.25, 0.3) is 0 Å². The number of hydrogen-bond donors (Lipinski definition) is 0. The van der Waals surface area contributed by atoms with Gasteiger partial charge in [-0.2, -0.15) is 0 Å². The van der Waals surface area contributed by atoms with Crippen LogP contribution in [0.4, 0.5) is 0 Å². The molecule has 1 aromatic carbocycles. The van der Waals surface area contributed by atoms with Gasteiger partial charge >= 0.3 is 0 Å². The molecule has 1 unspecified atom stereocenters. The maximum absolute atomic E-state index is 10.9. The van der Waals surface area contributed by atoms with Gasteiger partial charge in [0.2, 0.25) is 0 Å². The summed E-state index contributed by atoms with van der Waals surface area (Å²) in [5.74, 6) is 0.572. The summed E-state index contributed by atoms with van der Waals surface area (Å²) in [5.41, 5.74) is 2.47. The summed E-state index contributed by atoms with van der Waals surface area (Å²) >= 11 is 0. The van der Waals surface area contributed by atoms with Crippen molar-refractivity contribution in [1.82, 2.24) is 0 Å². The molecule has 1 aromatic rings. The highest BCUT2D eigenvalue weighted by Crippen LogP contribution is 2.17. The van der Waals surface area contributed by atoms with Crippen LogP contribution in [0, 0.1) is 5.92 Å². The maximum atomic E-state index is 10.9. The van der Waals surface area contributed by atoms with Gasteiger partial charge in [-0.1, -0.05) is 43.3 Å². The Kier molecular flexibility index (Phi) is 4.29. The van der Waals surface area contributed by atoms with Crippen LogP contribution in [0.3, 0.4) is 0 Å². The highest BCUT2D eigenvalue weighted by molar-refractivity contribution is 5.76. The zero-order chi connectivity index (χ0) is 11.3. The van der Waals surface area contributed by atoms with Gasteiger partial charge in [0.05, 0.1) is 0 Å². The summed E-state index contributed by atoms with van der Waals surface area (Å²) in [5, 5.41) is 0. The molecular formula is C14H18O. The van der Waals surface area contributed by atoms with Crippen molar-refractivity contribution in [2.24, 2.45) is 5.92 Å². The first-order chi connectivity index (χ1) is 7.09. The molecule has 0 saturated heterocycles. The molecule has 0 aliphatic heterocycles. The third-order valence-corrected chi connectivity index (χ3v) is 2.37. The highest BCUT2D eigenvalue weighted by atomic mass is 16.1. The molecule has 1 rings (SSSR count). The van der Waals surface area contributed by atoms with Crippen molar-refractivity contribution in [2.45, 2.75) is 27.2 Å². The standard InChI is InChI=1S/C14H18O/c1-11(10-13(3)15)9-12(2)14-7-5-4-6-8-14/h4-9,11H,10H2,1-3H3/b12-9+. The smallest absolute Gasteiger partial charge is 0.130 e. The second-order valence-electron chi connectivity index (χ2n) is 4.10. The minimum absolute atomic E-state index is 0.250. The average Bonchev–Trinajstić information content (AvgIpc) is 2.17. The third kappa shape index (κ3) is 4.11. The number of carbonyl (C=O) groups excluding carboxylic acids is 1. The van der Waals surface area contributed by atoms with E-state index in [-0.39, 0.29) is 5.78 Å². The number of rotatable bonds is 4. The molecule has 0 bridgehead atoms. The van der Waals surface area contributed by atoms with Gasteiger partial charge in [0, 0.05) is 6.42 Å². The van der Waals surface area contributed by atoms with E-state index in [1.165, 1.54) is 11.1 Å². The van der Waals surface area contributed by atoms with Crippen LogP contribution in [0.1, 0.15) is 32.8 Å². The quantitative estimate of drug-likeness (QED) is 0.727. The summed E-state index contributed by atoms with van der Waals surface area (Å²) in [6.07, 6.45) is 2.79. The lowest BCUT2D eigenvalue weighted by molar-refractivity contribution is -0.117. The topological polar surface area (TPSA) is 17.1 Å². The monoisotopic (exact) mass is 202 g/mol. The Morgan fingerprint density at radius 1 is 1.27 bits per heavy atom. The second kappa shape index (κ2) is 5.50. The summed E-state index contributed by atoms with van der Waals surface area (Å²) in [6.45, 7) is 5.81. The molecule has 0 heterocycles. The number of Topliss-reactive ketones (excluding diaryl/α,β-unsaturated/α-hetero) is 1. The fourth-order valence-corrected chi connectivity index (χ4v) is 1.74. The number of carbonyl (C=O) groups is 1. The number of ketones is 1. The Morgan fingerprint density at radius 2 is 1.87 bits per heavy atom. The van der Waals surface area contributed by atoms with Crippen molar-refractivity contribution in [1.29, 1.82) is 0 Å². The molecule has 1 nitrogen and oxygen atoms in total. The van der Waals surface area contributed by atoms with E-state index in [0.29, 0.717) is 12.3 Å². The Morgan fingerprint density at radius 3 is 2.40 bits per heavy atom. The van der Waals surface area contributed by atoms with E-state index >= 15 is 0 Å². The summed E-state index contributed by atoms with van der Waals surface area (Å²) < 4.78 is 0. The van der Waals surface area contributed by atoms with Crippen molar-refractivity contribution in [3.63, 3.8) is 0 Å². The Labute approximate surface area is 91.8 Å². The average molecular weight is 202 g/mol. The zero-order valence-corrected chi connectivity index (χ0v) is 9.66. The first-order valence-electron chi connectivity index (χ1n) is 5.33. The molecule has 1 heteroatoms. The molecule has 0 radical (unpaired) electrons. The van der Waals surface area contributed by atoms with Gasteiger partial charge in [0.15, 0.2) is 0 Å². The van der Waals surface area contributed by atoms with Crippen LogP contribution in [0.5, 0.6) is 0 Å². The van der Waals surface area contributed by atoms with E-state index in [4.69, 9.17) is 0 Å². The molecule has 80 valence electrons. The van der Waals surface area contributed by atoms with Crippen molar-refractivity contribution < 1.29 is 4.79 Å². The molecule has 0 saturated carbocycles. The van der Waals surface area contributed by atoms with Crippen LogP contribution in [0.15, 0.2) is 36.4 Å². The lowest BCUT2D eigenvalue weighted by Gasteiger charge is -2.06. The summed E-state index contributed by atoms with van der Waals surface area (Å²) in [4.78, 5) is 10.9. The number of benzene rings is 1. The normalized spacial score (nSPS) is 13.7. The molecule has 0 spiro atoms.